The van der Waals surface area contributed by atoms with Crippen molar-refractivity contribution in [2.24, 2.45) is 0 Å². The van der Waals surface area contributed by atoms with Crippen molar-refractivity contribution in [2.45, 2.75) is 0 Å². The van der Waals surface area contributed by atoms with Crippen molar-refractivity contribution in [3.63, 3.8) is 0 Å². The molecule has 0 atom stereocenters. The monoisotopic (exact) mass is 393 g/mol. The summed E-state index contributed by atoms with van der Waals surface area (Å²) in [5.74, 6) is -0.749. The molecule has 0 N–H and O–H groups in total. The summed E-state index contributed by atoms with van der Waals surface area (Å²) in [6.07, 6.45) is 1.16. The third kappa shape index (κ3) is 3.73. The third-order valence-corrected chi connectivity index (χ3v) is 4.60. The average Bonchev–Trinajstić information content (AvgIpc) is 3.20. The van der Waals surface area contributed by atoms with Gasteiger partial charge in [0.1, 0.15) is 17.7 Å². The predicted octanol–water partition coefficient (Wildman–Crippen LogP) is 3.45. The first kappa shape index (κ1) is 18.8. The lowest BCUT2D eigenvalue weighted by atomic mass is 10.1. The van der Waals surface area contributed by atoms with Gasteiger partial charge in [0.2, 0.25) is 5.95 Å². The Morgan fingerprint density at radius 3 is 2.34 bits per heavy atom. The molecule has 29 heavy (non-hydrogen) atoms. The number of ether oxygens (including phenoxy) is 1. The van der Waals surface area contributed by atoms with Gasteiger partial charge in [0.15, 0.2) is 5.82 Å². The highest BCUT2D eigenvalue weighted by atomic mass is 19.1. The molecule has 0 saturated carbocycles. The highest BCUT2D eigenvalue weighted by molar-refractivity contribution is 5.88. The molecule has 1 aliphatic heterocycles. The molecule has 0 unspecified atom stereocenters. The first-order chi connectivity index (χ1) is 14.2. The number of anilines is 1. The van der Waals surface area contributed by atoms with Gasteiger partial charge < -0.3 is 9.64 Å². The Kier molecular flexibility index (Phi) is 5.31. The normalized spacial score (nSPS) is 14.7. The second kappa shape index (κ2) is 8.20. The number of nitrogens with zero attached hydrogens (tertiary/aromatic N) is 5. The average molecular weight is 393 g/mol. The molecule has 0 radical (unpaired) electrons. The summed E-state index contributed by atoms with van der Waals surface area (Å²) in [4.78, 5) is 2.01. The number of allylic oxidation sites excluding steroid dienone is 1. The van der Waals surface area contributed by atoms with Crippen LogP contribution in [0.15, 0.2) is 48.5 Å². The zero-order valence-electron chi connectivity index (χ0n) is 15.4. The van der Waals surface area contributed by atoms with Crippen LogP contribution in [0.3, 0.4) is 0 Å². The summed E-state index contributed by atoms with van der Waals surface area (Å²) in [7, 11) is 0. The largest absolute Gasteiger partial charge is 0.378 e. The van der Waals surface area contributed by atoms with Crippen LogP contribution in [0.5, 0.6) is 0 Å². The fraction of sp³-hybridized carbons (Fsp3) is 0.190. The fourth-order valence-corrected chi connectivity index (χ4v) is 3.17. The van der Waals surface area contributed by atoms with E-state index in [0.29, 0.717) is 32.3 Å². The Morgan fingerprint density at radius 2 is 1.69 bits per heavy atom. The van der Waals surface area contributed by atoms with Gasteiger partial charge in [0.25, 0.3) is 0 Å². The van der Waals surface area contributed by atoms with Gasteiger partial charge in [-0.05, 0) is 30.3 Å². The number of para-hydroxylation sites is 1. The molecule has 6 nitrogen and oxygen atoms in total. The standard InChI is InChI=1S/C21H17F2N5O/c22-18-7-4-8-19(23)17(18)13-15(14-24)20-25-26-21(27-9-11-29-12-10-27)28(20)16-5-2-1-3-6-16/h1-8,13H,9-12H2/b15-13+. The highest BCUT2D eigenvalue weighted by Crippen LogP contribution is 2.27. The van der Waals surface area contributed by atoms with E-state index in [1.54, 1.807) is 4.57 Å². The van der Waals surface area contributed by atoms with E-state index in [9.17, 15) is 14.0 Å². The van der Waals surface area contributed by atoms with E-state index in [1.165, 1.54) is 6.07 Å². The van der Waals surface area contributed by atoms with Gasteiger partial charge in [-0.15, -0.1) is 10.2 Å². The Labute approximate surface area is 166 Å². The number of hydrogen-bond donors (Lipinski definition) is 0. The molecule has 0 spiro atoms. The van der Waals surface area contributed by atoms with Crippen LogP contribution in [-0.4, -0.2) is 41.1 Å². The Bertz CT molecular complexity index is 1060. The molecule has 1 fully saturated rings. The molecule has 0 aliphatic carbocycles. The van der Waals surface area contributed by atoms with Gasteiger partial charge in [-0.2, -0.15) is 5.26 Å². The van der Waals surface area contributed by atoms with E-state index in [1.807, 2.05) is 41.3 Å². The van der Waals surface area contributed by atoms with Gasteiger partial charge in [-0.1, -0.05) is 24.3 Å². The second-order valence-electron chi connectivity index (χ2n) is 6.40. The number of hydrogen-bond acceptors (Lipinski definition) is 5. The number of aromatic nitrogens is 3. The molecular weight excluding hydrogens is 376 g/mol. The summed E-state index contributed by atoms with van der Waals surface area (Å²) in [6, 6.07) is 14.9. The number of rotatable bonds is 4. The van der Waals surface area contributed by atoms with Crippen molar-refractivity contribution < 1.29 is 13.5 Å². The van der Waals surface area contributed by atoms with E-state index in [0.717, 1.165) is 23.9 Å². The van der Waals surface area contributed by atoms with Crippen molar-refractivity contribution in [3.05, 3.63) is 71.6 Å². The minimum atomic E-state index is -0.753. The Morgan fingerprint density at radius 1 is 1.00 bits per heavy atom. The first-order valence-corrected chi connectivity index (χ1v) is 9.09. The maximum atomic E-state index is 14.1. The lowest BCUT2D eigenvalue weighted by molar-refractivity contribution is 0.122. The van der Waals surface area contributed by atoms with E-state index in [-0.39, 0.29) is 17.0 Å². The topological polar surface area (TPSA) is 67.0 Å². The fourth-order valence-electron chi connectivity index (χ4n) is 3.17. The van der Waals surface area contributed by atoms with Gasteiger partial charge in [0, 0.05) is 18.7 Å². The van der Waals surface area contributed by atoms with E-state index < -0.39 is 11.6 Å². The van der Waals surface area contributed by atoms with E-state index in [2.05, 4.69) is 10.2 Å². The van der Waals surface area contributed by atoms with E-state index in [4.69, 9.17) is 4.74 Å². The first-order valence-electron chi connectivity index (χ1n) is 9.09. The lowest BCUT2D eigenvalue weighted by Gasteiger charge is -2.28. The zero-order valence-corrected chi connectivity index (χ0v) is 15.4. The quantitative estimate of drug-likeness (QED) is 0.635. The summed E-state index contributed by atoms with van der Waals surface area (Å²) < 4.78 is 35.4. The Balaban J connectivity index is 1.88. The number of halogens is 2. The summed E-state index contributed by atoms with van der Waals surface area (Å²) in [5, 5.41) is 18.2. The van der Waals surface area contributed by atoms with Gasteiger partial charge in [-0.25, -0.2) is 8.78 Å². The summed E-state index contributed by atoms with van der Waals surface area (Å²) >= 11 is 0. The SMILES string of the molecule is N#C/C(=C\c1c(F)cccc1F)c1nnc(N2CCOCC2)n1-c1ccccc1. The van der Waals surface area contributed by atoms with Gasteiger partial charge in [-0.3, -0.25) is 4.57 Å². The van der Waals surface area contributed by atoms with Crippen LogP contribution >= 0.6 is 0 Å². The molecule has 1 aromatic heterocycles. The number of nitriles is 1. The highest BCUT2D eigenvalue weighted by Gasteiger charge is 2.23. The van der Waals surface area contributed by atoms with Crippen LogP contribution < -0.4 is 4.90 Å². The molecule has 2 aromatic carbocycles. The molecule has 4 rings (SSSR count). The van der Waals surface area contributed by atoms with Crippen LogP contribution in [0.2, 0.25) is 0 Å². The van der Waals surface area contributed by atoms with Crippen molar-refractivity contribution in [1.29, 1.82) is 5.26 Å². The molecule has 1 saturated heterocycles. The summed E-state index contributed by atoms with van der Waals surface area (Å²) in [5.41, 5.74) is 0.452. The third-order valence-electron chi connectivity index (χ3n) is 4.60. The molecule has 0 bridgehead atoms. The number of morpholine rings is 1. The van der Waals surface area contributed by atoms with Gasteiger partial charge >= 0.3 is 0 Å². The Hall–Kier alpha value is -3.57. The van der Waals surface area contributed by atoms with Crippen LogP contribution in [0.25, 0.3) is 17.3 Å². The maximum absolute atomic E-state index is 14.1. The summed E-state index contributed by atoms with van der Waals surface area (Å²) in [6.45, 7) is 2.35. The van der Waals surface area contributed by atoms with Gasteiger partial charge in [0.05, 0.1) is 24.5 Å². The molecule has 3 aromatic rings. The number of benzene rings is 2. The lowest BCUT2D eigenvalue weighted by Crippen LogP contribution is -2.38. The molecular formula is C21H17F2N5O. The predicted molar refractivity (Wildman–Crippen MR) is 104 cm³/mol. The zero-order chi connectivity index (χ0) is 20.2. The van der Waals surface area contributed by atoms with Crippen LogP contribution in [0, 0.1) is 23.0 Å². The molecule has 146 valence electrons. The molecule has 1 aliphatic rings. The van der Waals surface area contributed by atoms with Crippen molar-refractivity contribution in [3.8, 4) is 11.8 Å². The minimum absolute atomic E-state index is 0.00450. The molecule has 8 heteroatoms. The van der Waals surface area contributed by atoms with Crippen LogP contribution in [0.4, 0.5) is 14.7 Å². The smallest absolute Gasteiger partial charge is 0.232 e. The van der Waals surface area contributed by atoms with E-state index >= 15 is 0 Å². The molecule has 2 heterocycles. The van der Waals surface area contributed by atoms with Crippen molar-refractivity contribution >= 4 is 17.6 Å². The van der Waals surface area contributed by atoms with Crippen LogP contribution in [-0.2, 0) is 4.74 Å². The van der Waals surface area contributed by atoms with Crippen LogP contribution in [0.1, 0.15) is 11.4 Å². The van der Waals surface area contributed by atoms with Crippen molar-refractivity contribution in [1.82, 2.24) is 14.8 Å². The molecule has 0 amide bonds. The van der Waals surface area contributed by atoms with Crippen molar-refractivity contribution in [2.75, 3.05) is 31.2 Å². The second-order valence-corrected chi connectivity index (χ2v) is 6.40. The maximum Gasteiger partial charge on any atom is 0.232 e. The minimum Gasteiger partial charge on any atom is -0.378 e.